The molecule has 0 aliphatic rings. The molecule has 0 aromatic carbocycles. The maximum Gasteiger partial charge on any atom is 0.414 e. The fourth-order valence-electron chi connectivity index (χ4n) is 1.63. The fraction of sp³-hybridized carbons (Fsp3) is 0.714. The van der Waals surface area contributed by atoms with Crippen LogP contribution in [0.3, 0.4) is 0 Å². The van der Waals surface area contributed by atoms with Gasteiger partial charge in [0.25, 0.3) is 0 Å². The highest BCUT2D eigenvalue weighted by molar-refractivity contribution is 5.20. The maximum absolute atomic E-state index is 12.3. The van der Waals surface area contributed by atoms with Crippen molar-refractivity contribution in [2.45, 2.75) is 53.1 Å². The predicted octanol–water partition coefficient (Wildman–Crippen LogP) is 3.80. The van der Waals surface area contributed by atoms with Crippen molar-refractivity contribution in [2.75, 3.05) is 6.54 Å². The zero-order chi connectivity index (χ0) is 15.3. The van der Waals surface area contributed by atoms with Gasteiger partial charge in [-0.25, -0.2) is 0 Å². The molecule has 0 fully saturated rings. The molecule has 20 heavy (non-hydrogen) atoms. The Morgan fingerprint density at radius 3 is 2.50 bits per heavy atom. The van der Waals surface area contributed by atoms with E-state index in [1.165, 1.54) is 0 Å². The summed E-state index contributed by atoms with van der Waals surface area (Å²) in [6, 6.07) is 1.74. The summed E-state index contributed by atoms with van der Waals surface area (Å²) in [4.78, 5) is 0. The second-order valence-electron chi connectivity index (χ2n) is 5.31. The molecule has 0 amide bonds. The van der Waals surface area contributed by atoms with Crippen LogP contribution in [0, 0.1) is 12.8 Å². The van der Waals surface area contributed by atoms with Gasteiger partial charge in [0.2, 0.25) is 0 Å². The highest BCUT2D eigenvalue weighted by atomic mass is 19.4. The predicted molar refractivity (Wildman–Crippen MR) is 70.3 cm³/mol. The monoisotopic (exact) mass is 293 g/mol. The van der Waals surface area contributed by atoms with Crippen LogP contribution in [-0.2, 0) is 17.9 Å². The van der Waals surface area contributed by atoms with E-state index in [9.17, 15) is 13.2 Å². The quantitative estimate of drug-likeness (QED) is 0.830. The van der Waals surface area contributed by atoms with E-state index < -0.39 is 12.3 Å². The first-order chi connectivity index (χ1) is 9.20. The Balaban J connectivity index is 2.49. The number of hydrogen-bond acceptors (Lipinski definition) is 3. The van der Waals surface area contributed by atoms with Gasteiger partial charge < -0.3 is 14.5 Å². The second-order valence-corrected chi connectivity index (χ2v) is 5.31. The molecular formula is C14H22F3NO2. The average Bonchev–Trinajstić information content (AvgIpc) is 2.65. The smallest absolute Gasteiger partial charge is 0.414 e. The van der Waals surface area contributed by atoms with Crippen molar-refractivity contribution in [3.05, 3.63) is 23.2 Å². The summed E-state index contributed by atoms with van der Waals surface area (Å²) < 4.78 is 47.1. The number of nitrogens with one attached hydrogen (secondary N) is 1. The fourth-order valence-corrected chi connectivity index (χ4v) is 1.63. The van der Waals surface area contributed by atoms with Crippen molar-refractivity contribution in [2.24, 2.45) is 5.92 Å². The van der Waals surface area contributed by atoms with Gasteiger partial charge in [0.15, 0.2) is 6.10 Å². The lowest BCUT2D eigenvalue weighted by atomic mass is 10.2. The second kappa shape index (κ2) is 7.13. The molecule has 0 radical (unpaired) electrons. The molecule has 3 nitrogen and oxygen atoms in total. The topological polar surface area (TPSA) is 34.4 Å². The molecule has 0 aliphatic carbocycles. The normalized spacial score (nSPS) is 14.0. The van der Waals surface area contributed by atoms with E-state index in [2.05, 4.69) is 19.2 Å². The molecule has 1 aromatic rings. The minimum atomic E-state index is -4.34. The Morgan fingerprint density at radius 2 is 1.95 bits per heavy atom. The largest absolute Gasteiger partial charge is 0.464 e. The lowest BCUT2D eigenvalue weighted by molar-refractivity contribution is -0.218. The third kappa shape index (κ3) is 5.54. The van der Waals surface area contributed by atoms with Crippen molar-refractivity contribution in [1.82, 2.24) is 5.32 Å². The first kappa shape index (κ1) is 17.0. The molecule has 1 unspecified atom stereocenters. The van der Waals surface area contributed by atoms with Crippen molar-refractivity contribution >= 4 is 0 Å². The molecule has 1 atom stereocenters. The van der Waals surface area contributed by atoms with E-state index in [4.69, 9.17) is 9.15 Å². The molecule has 0 bridgehead atoms. The number of alkyl halides is 3. The van der Waals surface area contributed by atoms with E-state index in [1.807, 2.05) is 0 Å². The van der Waals surface area contributed by atoms with Gasteiger partial charge in [-0.05, 0) is 32.4 Å². The summed E-state index contributed by atoms with van der Waals surface area (Å²) >= 11 is 0. The van der Waals surface area contributed by atoms with Gasteiger partial charge in [0.05, 0.1) is 0 Å². The zero-order valence-corrected chi connectivity index (χ0v) is 12.3. The van der Waals surface area contributed by atoms with Crippen LogP contribution >= 0.6 is 0 Å². The number of furan rings is 1. The maximum atomic E-state index is 12.3. The molecule has 1 rings (SSSR count). The molecular weight excluding hydrogens is 271 g/mol. The molecule has 1 aromatic heterocycles. The van der Waals surface area contributed by atoms with Crippen molar-refractivity contribution < 1.29 is 22.3 Å². The molecule has 1 heterocycles. The lowest BCUT2D eigenvalue weighted by Crippen LogP contribution is -2.28. The standard InChI is InChI=1S/C14H22F3NO2/c1-9(2)6-18-7-12-5-13(20-10(12)3)8-19-11(4)14(15,16)17/h5,9,11,18H,6-8H2,1-4H3. The summed E-state index contributed by atoms with van der Waals surface area (Å²) in [7, 11) is 0. The Labute approximate surface area is 117 Å². The van der Waals surface area contributed by atoms with Gasteiger partial charge in [0, 0.05) is 12.1 Å². The van der Waals surface area contributed by atoms with Crippen LogP contribution in [-0.4, -0.2) is 18.8 Å². The van der Waals surface area contributed by atoms with Gasteiger partial charge in [-0.1, -0.05) is 13.8 Å². The van der Waals surface area contributed by atoms with Crippen LogP contribution < -0.4 is 5.32 Å². The van der Waals surface area contributed by atoms with E-state index >= 15 is 0 Å². The third-order valence-electron chi connectivity index (χ3n) is 2.88. The SMILES string of the molecule is Cc1oc(COC(C)C(F)(F)F)cc1CNCC(C)C. The van der Waals surface area contributed by atoms with Gasteiger partial charge in [0.1, 0.15) is 18.1 Å². The first-order valence-corrected chi connectivity index (χ1v) is 6.67. The Bertz CT molecular complexity index is 413. The third-order valence-corrected chi connectivity index (χ3v) is 2.88. The molecule has 0 saturated heterocycles. The summed E-state index contributed by atoms with van der Waals surface area (Å²) in [6.45, 7) is 8.33. The highest BCUT2D eigenvalue weighted by Crippen LogP contribution is 2.24. The van der Waals surface area contributed by atoms with Crippen LogP contribution in [0.15, 0.2) is 10.5 Å². The first-order valence-electron chi connectivity index (χ1n) is 6.67. The number of ether oxygens (including phenoxy) is 1. The van der Waals surface area contributed by atoms with E-state index in [1.54, 1.807) is 13.0 Å². The minimum absolute atomic E-state index is 0.175. The summed E-state index contributed by atoms with van der Waals surface area (Å²) in [5, 5.41) is 3.26. The molecule has 6 heteroatoms. The number of halogens is 3. The van der Waals surface area contributed by atoms with E-state index in [0.717, 1.165) is 19.0 Å². The van der Waals surface area contributed by atoms with E-state index in [-0.39, 0.29) is 6.61 Å². The molecule has 0 saturated carbocycles. The van der Waals surface area contributed by atoms with E-state index in [0.29, 0.717) is 24.0 Å². The summed E-state index contributed by atoms with van der Waals surface area (Å²) in [5.74, 6) is 1.66. The van der Waals surface area contributed by atoms with Gasteiger partial charge in [-0.3, -0.25) is 0 Å². The van der Waals surface area contributed by atoms with Gasteiger partial charge in [-0.15, -0.1) is 0 Å². The molecule has 116 valence electrons. The van der Waals surface area contributed by atoms with Crippen molar-refractivity contribution in [3.63, 3.8) is 0 Å². The highest BCUT2D eigenvalue weighted by Gasteiger charge is 2.37. The Morgan fingerprint density at radius 1 is 1.30 bits per heavy atom. The Kier molecular flexibility index (Phi) is 6.07. The van der Waals surface area contributed by atoms with Gasteiger partial charge >= 0.3 is 6.18 Å². The van der Waals surface area contributed by atoms with Crippen molar-refractivity contribution in [3.8, 4) is 0 Å². The van der Waals surface area contributed by atoms with Gasteiger partial charge in [-0.2, -0.15) is 13.2 Å². The molecule has 0 aliphatic heterocycles. The minimum Gasteiger partial charge on any atom is -0.464 e. The summed E-state index contributed by atoms with van der Waals surface area (Å²) in [5.41, 5.74) is 0.948. The Hall–Kier alpha value is -1.01. The molecule has 0 spiro atoms. The number of aryl methyl sites for hydroxylation is 1. The van der Waals surface area contributed by atoms with Crippen LogP contribution in [0.4, 0.5) is 13.2 Å². The average molecular weight is 293 g/mol. The molecule has 1 N–H and O–H groups in total. The lowest BCUT2D eigenvalue weighted by Gasteiger charge is -2.15. The van der Waals surface area contributed by atoms with Crippen LogP contribution in [0.1, 0.15) is 37.9 Å². The summed E-state index contributed by atoms with van der Waals surface area (Å²) in [6.07, 6.45) is -6.14. The van der Waals surface area contributed by atoms with Crippen LogP contribution in [0.25, 0.3) is 0 Å². The van der Waals surface area contributed by atoms with Crippen LogP contribution in [0.2, 0.25) is 0 Å². The number of rotatable bonds is 7. The van der Waals surface area contributed by atoms with Crippen molar-refractivity contribution in [1.29, 1.82) is 0 Å². The van der Waals surface area contributed by atoms with Crippen LogP contribution in [0.5, 0.6) is 0 Å². The number of hydrogen-bond donors (Lipinski definition) is 1. The zero-order valence-electron chi connectivity index (χ0n) is 12.3.